The number of hydrogen-bond acceptors (Lipinski definition) is 7. The van der Waals surface area contributed by atoms with Crippen molar-refractivity contribution in [3.8, 4) is 0 Å². The van der Waals surface area contributed by atoms with Crippen LogP contribution in [0.15, 0.2) is 54.6 Å². The number of esters is 1. The Morgan fingerprint density at radius 3 is 2.41 bits per heavy atom. The predicted octanol–water partition coefficient (Wildman–Crippen LogP) is 3.70. The molecule has 2 saturated heterocycles. The minimum Gasteiger partial charge on any atom is -0.455 e. The summed E-state index contributed by atoms with van der Waals surface area (Å²) in [6.07, 6.45) is 7.32. The molecular weight excluding hydrogens is 586 g/mol. The van der Waals surface area contributed by atoms with Crippen LogP contribution in [0.3, 0.4) is 0 Å². The molecule has 2 fully saturated rings. The van der Waals surface area contributed by atoms with E-state index in [1.807, 2.05) is 62.1 Å². The number of nitrogens with one attached hydrogen (secondary N) is 1. The van der Waals surface area contributed by atoms with Gasteiger partial charge in [-0.05, 0) is 44.1 Å². The third-order valence-corrected chi connectivity index (χ3v) is 9.75. The molecule has 1 aromatic rings. The van der Waals surface area contributed by atoms with Gasteiger partial charge in [-0.1, -0.05) is 82.3 Å². The standard InChI is InChI=1S/C36H49N3O7/c1-7-24(21-40)39-30-32(43)38(35(5,6)22-34(2,3)4)19-13-18-36(30)29(31(39)42)28-25(46-36)16-11-12-17-27(41)37-20-26(45-33(28)44)23-14-9-8-10-15-23/h8-11,13-16,18,24-26,28-30,40H,7,12,17,19-22H2,1-6H3,(H,37,41)/b16-11-/t24-,25-,26+,28+,29+,30-,36+/m0/s1. The van der Waals surface area contributed by atoms with E-state index in [2.05, 4.69) is 26.1 Å². The van der Waals surface area contributed by atoms with Crippen molar-refractivity contribution in [2.24, 2.45) is 17.3 Å². The molecule has 1 spiro atoms. The van der Waals surface area contributed by atoms with Crippen LogP contribution in [0.4, 0.5) is 0 Å². The van der Waals surface area contributed by atoms with Gasteiger partial charge in [0, 0.05) is 18.5 Å². The lowest BCUT2D eigenvalue weighted by molar-refractivity contribution is -0.161. The van der Waals surface area contributed by atoms with Gasteiger partial charge in [-0.2, -0.15) is 0 Å². The molecule has 0 bridgehead atoms. The van der Waals surface area contributed by atoms with Crippen LogP contribution in [0, 0.1) is 17.3 Å². The van der Waals surface area contributed by atoms with E-state index >= 15 is 0 Å². The highest BCUT2D eigenvalue weighted by Crippen LogP contribution is 2.54. The lowest BCUT2D eigenvalue weighted by Gasteiger charge is -2.45. The van der Waals surface area contributed by atoms with Gasteiger partial charge in [0.15, 0.2) is 0 Å². The highest BCUT2D eigenvalue weighted by atomic mass is 16.6. The van der Waals surface area contributed by atoms with Crippen LogP contribution in [0.1, 0.15) is 78.9 Å². The van der Waals surface area contributed by atoms with E-state index in [4.69, 9.17) is 9.47 Å². The number of rotatable bonds is 6. The number of cyclic esters (lactones) is 1. The minimum atomic E-state index is -1.46. The minimum absolute atomic E-state index is 0.0771. The molecule has 10 heteroatoms. The maximum absolute atomic E-state index is 14.8. The number of likely N-dealkylation sites (tertiary alicyclic amines) is 1. The first kappa shape index (κ1) is 33.9. The summed E-state index contributed by atoms with van der Waals surface area (Å²) in [6, 6.07) is 7.44. The first-order valence-corrected chi connectivity index (χ1v) is 16.5. The SMILES string of the molecule is CC[C@@H](CO)N1C(=O)[C@H]2[C@@H]3C(=O)O[C@@H](c4ccccc4)CNC(=O)CC/C=C\[C@@H]3O[C@]23C=CCN(C(C)(C)CC(C)(C)C)C(=O)[C@H]13. The number of fused-ring (bicyclic) bond motifs is 2. The summed E-state index contributed by atoms with van der Waals surface area (Å²) in [7, 11) is 0. The largest absolute Gasteiger partial charge is 0.455 e. The maximum Gasteiger partial charge on any atom is 0.313 e. The van der Waals surface area contributed by atoms with E-state index in [1.165, 1.54) is 4.90 Å². The third kappa shape index (κ3) is 6.26. The zero-order chi connectivity index (χ0) is 33.4. The van der Waals surface area contributed by atoms with Gasteiger partial charge >= 0.3 is 5.97 Å². The molecular formula is C36H49N3O7. The number of aliphatic hydroxyl groups is 1. The van der Waals surface area contributed by atoms with Gasteiger partial charge in [0.25, 0.3) is 0 Å². The lowest BCUT2D eigenvalue weighted by atomic mass is 9.77. The first-order valence-electron chi connectivity index (χ1n) is 16.5. The topological polar surface area (TPSA) is 125 Å². The molecule has 3 amide bonds. The number of carbonyl (C=O) groups is 4. The number of carbonyl (C=O) groups excluding carboxylic acids is 4. The smallest absolute Gasteiger partial charge is 0.313 e. The van der Waals surface area contributed by atoms with E-state index < -0.39 is 59.1 Å². The van der Waals surface area contributed by atoms with Crippen molar-refractivity contribution in [1.82, 2.24) is 15.1 Å². The summed E-state index contributed by atoms with van der Waals surface area (Å²) in [6.45, 7) is 12.4. The normalized spacial score (nSPS) is 31.9. The molecule has 5 rings (SSSR count). The first-order chi connectivity index (χ1) is 21.7. The molecule has 0 aliphatic carbocycles. The van der Waals surface area contributed by atoms with Gasteiger partial charge in [0.05, 0.1) is 31.2 Å². The van der Waals surface area contributed by atoms with Crippen LogP contribution in [0.5, 0.6) is 0 Å². The third-order valence-electron chi connectivity index (χ3n) is 9.75. The zero-order valence-electron chi connectivity index (χ0n) is 27.9. The Bertz CT molecular complexity index is 1380. The molecule has 0 aromatic heterocycles. The Balaban J connectivity index is 1.61. The van der Waals surface area contributed by atoms with Crippen LogP contribution >= 0.6 is 0 Å². The quantitative estimate of drug-likeness (QED) is 0.361. The molecule has 0 radical (unpaired) electrons. The van der Waals surface area contributed by atoms with Crippen molar-refractivity contribution in [2.45, 2.75) is 103 Å². The van der Waals surface area contributed by atoms with Gasteiger partial charge < -0.3 is 29.7 Å². The molecule has 0 saturated carbocycles. The van der Waals surface area contributed by atoms with Gasteiger partial charge in [-0.25, -0.2) is 0 Å². The molecule has 7 atom stereocenters. The Hall–Kier alpha value is -3.50. The second kappa shape index (κ2) is 13.0. The van der Waals surface area contributed by atoms with Crippen molar-refractivity contribution in [3.63, 3.8) is 0 Å². The van der Waals surface area contributed by atoms with Gasteiger partial charge in [0.2, 0.25) is 17.7 Å². The number of benzene rings is 1. The van der Waals surface area contributed by atoms with E-state index in [0.29, 0.717) is 31.4 Å². The van der Waals surface area contributed by atoms with E-state index in [0.717, 1.165) is 0 Å². The van der Waals surface area contributed by atoms with Crippen LogP contribution in [0.2, 0.25) is 0 Å². The fourth-order valence-electron chi connectivity index (χ4n) is 8.09. The summed E-state index contributed by atoms with van der Waals surface area (Å²) in [4.78, 5) is 59.7. The summed E-state index contributed by atoms with van der Waals surface area (Å²) in [5.74, 6) is -3.60. The van der Waals surface area contributed by atoms with Gasteiger partial charge in [0.1, 0.15) is 23.7 Å². The second-order valence-electron chi connectivity index (χ2n) is 14.8. The zero-order valence-corrected chi connectivity index (χ0v) is 27.9. The van der Waals surface area contributed by atoms with Crippen LogP contribution < -0.4 is 5.32 Å². The number of allylic oxidation sites excluding steroid dienone is 1. The number of ether oxygens (including phenoxy) is 2. The highest BCUT2D eigenvalue weighted by molar-refractivity contribution is 5.99. The Morgan fingerprint density at radius 1 is 1.04 bits per heavy atom. The highest BCUT2D eigenvalue weighted by Gasteiger charge is 2.72. The van der Waals surface area contributed by atoms with Crippen molar-refractivity contribution < 1.29 is 33.8 Å². The molecule has 0 unspecified atom stereocenters. The molecule has 4 heterocycles. The maximum atomic E-state index is 14.8. The Morgan fingerprint density at radius 2 is 1.76 bits per heavy atom. The number of hydrogen-bond donors (Lipinski definition) is 2. The monoisotopic (exact) mass is 635 g/mol. The number of nitrogens with zero attached hydrogens (tertiary/aromatic N) is 2. The van der Waals surface area contributed by atoms with Crippen molar-refractivity contribution in [3.05, 3.63) is 60.2 Å². The summed E-state index contributed by atoms with van der Waals surface area (Å²) in [5.41, 5.74) is -1.39. The molecule has 2 N–H and O–H groups in total. The van der Waals surface area contributed by atoms with E-state index in [-0.39, 0.29) is 36.8 Å². The van der Waals surface area contributed by atoms with Crippen LogP contribution in [0.25, 0.3) is 0 Å². The van der Waals surface area contributed by atoms with Gasteiger partial charge in [-0.15, -0.1) is 0 Å². The van der Waals surface area contributed by atoms with Crippen molar-refractivity contribution in [2.75, 3.05) is 19.7 Å². The van der Waals surface area contributed by atoms with Crippen LogP contribution in [-0.4, -0.2) is 87.6 Å². The molecule has 4 aliphatic heterocycles. The van der Waals surface area contributed by atoms with Gasteiger partial charge in [-0.3, -0.25) is 19.2 Å². The lowest BCUT2D eigenvalue weighted by Crippen LogP contribution is -2.61. The summed E-state index contributed by atoms with van der Waals surface area (Å²) >= 11 is 0. The van der Waals surface area contributed by atoms with Crippen LogP contribution in [-0.2, 0) is 28.7 Å². The average molecular weight is 636 g/mol. The molecule has 4 aliphatic rings. The fourth-order valence-corrected chi connectivity index (χ4v) is 8.09. The Labute approximate surface area is 272 Å². The molecule has 46 heavy (non-hydrogen) atoms. The van der Waals surface area contributed by atoms with E-state index in [9.17, 15) is 24.3 Å². The second-order valence-corrected chi connectivity index (χ2v) is 14.8. The van der Waals surface area contributed by atoms with Crippen molar-refractivity contribution >= 4 is 23.7 Å². The Kier molecular flexibility index (Phi) is 9.53. The summed E-state index contributed by atoms with van der Waals surface area (Å²) in [5, 5.41) is 13.3. The number of amides is 3. The average Bonchev–Trinajstić information content (AvgIpc) is 3.37. The predicted molar refractivity (Wildman–Crippen MR) is 172 cm³/mol. The number of aliphatic hydroxyl groups excluding tert-OH is 1. The van der Waals surface area contributed by atoms with Crippen molar-refractivity contribution in [1.29, 1.82) is 0 Å². The molecule has 10 nitrogen and oxygen atoms in total. The summed E-state index contributed by atoms with van der Waals surface area (Å²) < 4.78 is 12.9. The van der Waals surface area contributed by atoms with E-state index in [1.54, 1.807) is 18.2 Å². The fraction of sp³-hybridized carbons (Fsp3) is 0.611. The molecule has 250 valence electrons. The molecule has 1 aromatic carbocycles.